The van der Waals surface area contributed by atoms with Crippen molar-refractivity contribution in [2.24, 2.45) is 5.92 Å². The molecular weight excluding hydrogens is 232 g/mol. The van der Waals surface area contributed by atoms with Crippen LogP contribution in [0.2, 0.25) is 0 Å². The van der Waals surface area contributed by atoms with Gasteiger partial charge in [-0.05, 0) is 31.6 Å². The van der Waals surface area contributed by atoms with Crippen LogP contribution in [0.1, 0.15) is 44.9 Å². The fourth-order valence-electron chi connectivity index (χ4n) is 2.76. The van der Waals surface area contributed by atoms with Crippen LogP contribution in [-0.4, -0.2) is 41.1 Å². The van der Waals surface area contributed by atoms with E-state index in [1.165, 1.54) is 24.2 Å². The highest BCUT2D eigenvalue weighted by atomic mass is 16.4. The first-order chi connectivity index (χ1) is 8.66. The summed E-state index contributed by atoms with van der Waals surface area (Å²) in [6, 6.07) is -0.0845. The van der Waals surface area contributed by atoms with Gasteiger partial charge in [0.25, 0.3) is 0 Å². The van der Waals surface area contributed by atoms with Gasteiger partial charge in [0.2, 0.25) is 0 Å². The molecule has 2 saturated carbocycles. The highest BCUT2D eigenvalue weighted by Gasteiger charge is 2.29. The van der Waals surface area contributed by atoms with Gasteiger partial charge < -0.3 is 15.3 Å². The van der Waals surface area contributed by atoms with Crippen molar-refractivity contribution in [2.75, 3.05) is 13.1 Å². The number of carboxylic acids is 1. The summed E-state index contributed by atoms with van der Waals surface area (Å²) >= 11 is 0. The number of hydrogen-bond donors (Lipinski definition) is 2. The van der Waals surface area contributed by atoms with Gasteiger partial charge in [-0.25, -0.2) is 4.79 Å². The number of hydrogen-bond acceptors (Lipinski definition) is 2. The predicted octanol–water partition coefficient (Wildman–Crippen LogP) is 1.83. The molecule has 0 aromatic rings. The van der Waals surface area contributed by atoms with Crippen LogP contribution in [0, 0.1) is 5.92 Å². The average molecular weight is 254 g/mol. The summed E-state index contributed by atoms with van der Waals surface area (Å²) in [6.45, 7) is 0.517. The third kappa shape index (κ3) is 3.37. The number of urea groups is 1. The van der Waals surface area contributed by atoms with Crippen molar-refractivity contribution in [2.45, 2.75) is 51.0 Å². The van der Waals surface area contributed by atoms with Crippen molar-refractivity contribution in [3.05, 3.63) is 0 Å². The first kappa shape index (κ1) is 13.2. The Morgan fingerprint density at radius 1 is 1.11 bits per heavy atom. The lowest BCUT2D eigenvalue weighted by Gasteiger charge is -2.30. The Labute approximate surface area is 108 Å². The van der Waals surface area contributed by atoms with E-state index in [-0.39, 0.29) is 18.6 Å². The maximum absolute atomic E-state index is 12.1. The monoisotopic (exact) mass is 254 g/mol. The zero-order valence-corrected chi connectivity index (χ0v) is 10.7. The lowest BCUT2D eigenvalue weighted by Crippen LogP contribution is -2.49. The quantitative estimate of drug-likeness (QED) is 0.786. The summed E-state index contributed by atoms with van der Waals surface area (Å²) < 4.78 is 0. The zero-order chi connectivity index (χ0) is 13.0. The molecule has 0 bridgehead atoms. The molecular formula is C13H22N2O3. The number of nitrogens with one attached hydrogen (secondary N) is 1. The second kappa shape index (κ2) is 6.07. The zero-order valence-electron chi connectivity index (χ0n) is 10.7. The van der Waals surface area contributed by atoms with Gasteiger partial charge in [-0.15, -0.1) is 0 Å². The normalized spacial score (nSPS) is 20.4. The van der Waals surface area contributed by atoms with Gasteiger partial charge in [-0.1, -0.05) is 19.3 Å². The van der Waals surface area contributed by atoms with E-state index in [9.17, 15) is 9.59 Å². The van der Waals surface area contributed by atoms with E-state index >= 15 is 0 Å². The number of rotatable bonds is 5. The van der Waals surface area contributed by atoms with Crippen molar-refractivity contribution < 1.29 is 14.7 Å². The molecule has 0 unspecified atom stereocenters. The molecule has 5 nitrogen and oxygen atoms in total. The van der Waals surface area contributed by atoms with Crippen LogP contribution >= 0.6 is 0 Å². The maximum atomic E-state index is 12.1. The molecule has 2 aliphatic rings. The lowest BCUT2D eigenvalue weighted by atomic mass is 9.85. The Hall–Kier alpha value is -1.26. The molecule has 0 aromatic carbocycles. The van der Waals surface area contributed by atoms with Crippen LogP contribution in [0.3, 0.4) is 0 Å². The van der Waals surface area contributed by atoms with E-state index in [4.69, 9.17) is 5.11 Å². The summed E-state index contributed by atoms with van der Waals surface area (Å²) in [7, 11) is 0. The third-order valence-electron chi connectivity index (χ3n) is 4.10. The second-order valence-corrected chi connectivity index (χ2v) is 5.44. The van der Waals surface area contributed by atoms with Gasteiger partial charge in [0, 0.05) is 12.6 Å². The van der Waals surface area contributed by atoms with E-state index in [0.29, 0.717) is 12.5 Å². The summed E-state index contributed by atoms with van der Waals surface area (Å²) in [5, 5.41) is 11.8. The molecule has 18 heavy (non-hydrogen) atoms. The summed E-state index contributed by atoms with van der Waals surface area (Å²) in [4.78, 5) is 24.4. The number of carbonyl (C=O) groups excluding carboxylic acids is 1. The van der Waals surface area contributed by atoms with Crippen LogP contribution < -0.4 is 5.32 Å². The Balaban J connectivity index is 1.84. The number of nitrogens with zero attached hydrogens (tertiary/aromatic N) is 1. The Morgan fingerprint density at radius 2 is 1.78 bits per heavy atom. The van der Waals surface area contributed by atoms with Crippen LogP contribution in [0.5, 0.6) is 0 Å². The fraction of sp³-hybridized carbons (Fsp3) is 0.846. The van der Waals surface area contributed by atoms with Crippen molar-refractivity contribution in [1.29, 1.82) is 0 Å². The number of carboxylic acid groups (broad SMARTS) is 1. The van der Waals surface area contributed by atoms with Crippen molar-refractivity contribution in [1.82, 2.24) is 10.2 Å². The van der Waals surface area contributed by atoms with Crippen molar-refractivity contribution in [3.63, 3.8) is 0 Å². The van der Waals surface area contributed by atoms with Gasteiger partial charge >= 0.3 is 12.0 Å². The molecule has 2 fully saturated rings. The topological polar surface area (TPSA) is 69.6 Å². The molecule has 0 atom stereocenters. The van der Waals surface area contributed by atoms with Crippen molar-refractivity contribution in [3.8, 4) is 0 Å². The number of amides is 2. The summed E-state index contributed by atoms with van der Waals surface area (Å²) in [5.41, 5.74) is 0. The average Bonchev–Trinajstić information content (AvgIpc) is 2.76. The fourth-order valence-corrected chi connectivity index (χ4v) is 2.76. The molecule has 0 aliphatic heterocycles. The largest absolute Gasteiger partial charge is 0.480 e. The van der Waals surface area contributed by atoms with Gasteiger partial charge in [-0.3, -0.25) is 4.79 Å². The van der Waals surface area contributed by atoms with E-state index in [0.717, 1.165) is 25.7 Å². The summed E-state index contributed by atoms with van der Waals surface area (Å²) in [6.07, 6.45) is 7.68. The van der Waals surface area contributed by atoms with Crippen LogP contribution in [0.25, 0.3) is 0 Å². The van der Waals surface area contributed by atoms with Gasteiger partial charge in [0.1, 0.15) is 6.54 Å². The van der Waals surface area contributed by atoms with Gasteiger partial charge in [0.05, 0.1) is 0 Å². The molecule has 2 rings (SSSR count). The lowest BCUT2D eigenvalue weighted by molar-refractivity contribution is -0.138. The molecule has 2 N–H and O–H groups in total. The van der Waals surface area contributed by atoms with E-state index in [2.05, 4.69) is 5.32 Å². The van der Waals surface area contributed by atoms with E-state index < -0.39 is 5.97 Å². The highest BCUT2D eigenvalue weighted by molar-refractivity contribution is 5.80. The van der Waals surface area contributed by atoms with Crippen LogP contribution in [0.4, 0.5) is 4.79 Å². The van der Waals surface area contributed by atoms with E-state index in [1.807, 2.05) is 0 Å². The molecule has 2 amide bonds. The van der Waals surface area contributed by atoms with Crippen LogP contribution in [0.15, 0.2) is 0 Å². The predicted molar refractivity (Wildman–Crippen MR) is 67.3 cm³/mol. The molecule has 102 valence electrons. The number of aliphatic carboxylic acids is 1. The Kier molecular flexibility index (Phi) is 4.44. The minimum Gasteiger partial charge on any atom is -0.480 e. The van der Waals surface area contributed by atoms with Crippen molar-refractivity contribution >= 4 is 12.0 Å². The molecule has 0 heterocycles. The SMILES string of the molecule is O=C(O)CN(C(=O)NCC1CCC1)C1CCCC1. The van der Waals surface area contributed by atoms with Gasteiger partial charge in [-0.2, -0.15) is 0 Å². The second-order valence-electron chi connectivity index (χ2n) is 5.44. The minimum absolute atomic E-state index is 0.113. The Morgan fingerprint density at radius 3 is 2.28 bits per heavy atom. The molecule has 2 aliphatic carbocycles. The van der Waals surface area contributed by atoms with Crippen LogP contribution in [-0.2, 0) is 4.79 Å². The van der Waals surface area contributed by atoms with Gasteiger partial charge in [0.15, 0.2) is 0 Å². The smallest absolute Gasteiger partial charge is 0.323 e. The molecule has 0 radical (unpaired) electrons. The maximum Gasteiger partial charge on any atom is 0.323 e. The third-order valence-corrected chi connectivity index (χ3v) is 4.10. The molecule has 0 spiro atoms. The molecule has 0 saturated heterocycles. The minimum atomic E-state index is -0.930. The first-order valence-electron chi connectivity index (χ1n) is 6.93. The first-order valence-corrected chi connectivity index (χ1v) is 6.93. The summed E-state index contributed by atoms with van der Waals surface area (Å²) in [5.74, 6) is -0.329. The Bertz CT molecular complexity index is 309. The highest BCUT2D eigenvalue weighted by Crippen LogP contribution is 2.26. The standard InChI is InChI=1S/C13H22N2O3/c16-12(17)9-15(11-6-1-2-7-11)13(18)14-8-10-4-3-5-10/h10-11H,1-9H2,(H,14,18)(H,16,17). The molecule has 5 heteroatoms. The van der Waals surface area contributed by atoms with E-state index in [1.54, 1.807) is 0 Å². The number of carbonyl (C=O) groups is 2. The molecule has 0 aromatic heterocycles.